The molecule has 0 radical (unpaired) electrons. The van der Waals surface area contributed by atoms with Crippen molar-refractivity contribution in [2.24, 2.45) is 11.8 Å². The molecule has 4 heterocycles. The van der Waals surface area contributed by atoms with Crippen LogP contribution in [0.25, 0.3) is 0 Å². The summed E-state index contributed by atoms with van der Waals surface area (Å²) in [6, 6.07) is 2.30. The lowest BCUT2D eigenvalue weighted by molar-refractivity contribution is -0.136. The van der Waals surface area contributed by atoms with Crippen LogP contribution in [0.2, 0.25) is 0 Å². The highest BCUT2D eigenvalue weighted by atomic mass is 16.5. The Balaban J connectivity index is 1.09. The van der Waals surface area contributed by atoms with Crippen molar-refractivity contribution in [3.63, 3.8) is 0 Å². The number of likely N-dealkylation sites (tertiary alicyclic amines) is 2. The van der Waals surface area contributed by atoms with E-state index in [1.54, 1.807) is 22.2 Å². The Bertz CT molecular complexity index is 2010. The molecular weight excluding hydrogens is 737 g/mol. The van der Waals surface area contributed by atoms with E-state index in [0.717, 1.165) is 62.5 Å². The fraction of sp³-hybridized carbons (Fsp3) is 0.545. The summed E-state index contributed by atoms with van der Waals surface area (Å²) in [6.45, 7) is 8.77. The van der Waals surface area contributed by atoms with E-state index in [1.807, 2.05) is 27.7 Å². The molecule has 0 spiro atoms. The highest BCUT2D eigenvalue weighted by Crippen LogP contribution is 2.51. The number of nitrogens with zero attached hydrogens (tertiary/aromatic N) is 4. The van der Waals surface area contributed by atoms with E-state index >= 15 is 0 Å². The Hall–Kier alpha value is -5.76. The number of ether oxygens (including phenoxy) is 2. The molecule has 3 aliphatic carbocycles. The maximum Gasteiger partial charge on any atom is 0.407 e. The zero-order valence-corrected chi connectivity index (χ0v) is 34.2. The van der Waals surface area contributed by atoms with Crippen LogP contribution in [-0.4, -0.2) is 93.1 Å². The van der Waals surface area contributed by atoms with Crippen molar-refractivity contribution in [3.8, 4) is 23.7 Å². The molecule has 4 N–H and O–H groups in total. The van der Waals surface area contributed by atoms with Crippen molar-refractivity contribution in [1.82, 2.24) is 40.4 Å². The summed E-state index contributed by atoms with van der Waals surface area (Å²) in [5.41, 5.74) is 5.98. The molecule has 4 amide bonds. The number of imidazole rings is 2. The van der Waals surface area contributed by atoms with Gasteiger partial charge in [0, 0.05) is 24.2 Å². The van der Waals surface area contributed by atoms with Crippen molar-refractivity contribution in [2.45, 2.75) is 115 Å². The van der Waals surface area contributed by atoms with Crippen LogP contribution in [0.3, 0.4) is 0 Å². The topological polar surface area (TPSA) is 175 Å². The van der Waals surface area contributed by atoms with E-state index in [9.17, 15) is 19.2 Å². The van der Waals surface area contributed by atoms with Gasteiger partial charge in [0.2, 0.25) is 11.8 Å². The molecular formula is C44H54N8O6. The minimum absolute atomic E-state index is 0.114. The van der Waals surface area contributed by atoms with Crippen LogP contribution in [0.15, 0.2) is 24.5 Å². The Morgan fingerprint density at radius 3 is 1.41 bits per heavy atom. The number of carbonyl (C=O) groups excluding carboxylic acids is 4. The number of methoxy groups -OCH3 is 2. The van der Waals surface area contributed by atoms with E-state index in [1.165, 1.54) is 25.3 Å². The third-order valence-electron chi connectivity index (χ3n) is 12.2. The minimum Gasteiger partial charge on any atom is -0.453 e. The molecule has 58 heavy (non-hydrogen) atoms. The second kappa shape index (κ2) is 17.4. The van der Waals surface area contributed by atoms with Gasteiger partial charge in [-0.3, -0.25) is 9.59 Å². The number of carbonyl (C=O) groups is 4. The maximum atomic E-state index is 13.6. The number of aromatic nitrogens is 4. The Labute approximate surface area is 340 Å². The average molecular weight is 791 g/mol. The number of rotatable bonds is 8. The number of benzene rings is 1. The second-order valence-electron chi connectivity index (χ2n) is 16.5. The molecule has 2 bridgehead atoms. The summed E-state index contributed by atoms with van der Waals surface area (Å²) in [6.07, 6.45) is 9.96. The van der Waals surface area contributed by atoms with Gasteiger partial charge in [-0.05, 0) is 110 Å². The van der Waals surface area contributed by atoms with Gasteiger partial charge in [-0.2, -0.15) is 0 Å². The second-order valence-corrected chi connectivity index (χ2v) is 16.5. The molecule has 8 rings (SSSR count). The maximum absolute atomic E-state index is 13.6. The smallest absolute Gasteiger partial charge is 0.407 e. The molecule has 306 valence electrons. The van der Waals surface area contributed by atoms with Crippen LogP contribution in [0, 0.1) is 35.5 Å². The summed E-state index contributed by atoms with van der Waals surface area (Å²) in [5, 5.41) is 5.40. The van der Waals surface area contributed by atoms with Crippen molar-refractivity contribution in [3.05, 3.63) is 69.8 Å². The monoisotopic (exact) mass is 790 g/mol. The SMILES string of the molecule is COC(=O)NC(C(=O)N1CCC[C@@H]1c1ncc(C#Cc2ccc(C#Cc3cnc([C@@H]4CCCN4C(=O)[C@@H](NC(=O)OC)C(C)C)[nH]3)c3c2C2CCC3CC2)[nH]1)C(C)C. The van der Waals surface area contributed by atoms with E-state index in [2.05, 4.69) is 66.4 Å². The van der Waals surface area contributed by atoms with Crippen LogP contribution >= 0.6 is 0 Å². The molecule has 14 nitrogen and oxygen atoms in total. The fourth-order valence-corrected chi connectivity index (χ4v) is 9.20. The first-order valence-corrected chi connectivity index (χ1v) is 20.6. The van der Waals surface area contributed by atoms with E-state index in [0.29, 0.717) is 48.0 Å². The molecule has 1 unspecified atom stereocenters. The lowest BCUT2D eigenvalue weighted by Crippen LogP contribution is -2.51. The summed E-state index contributed by atoms with van der Waals surface area (Å²) >= 11 is 0. The molecule has 1 saturated carbocycles. The van der Waals surface area contributed by atoms with Gasteiger partial charge in [0.05, 0.1) is 38.7 Å². The fourth-order valence-electron chi connectivity index (χ4n) is 9.20. The summed E-state index contributed by atoms with van der Waals surface area (Å²) in [4.78, 5) is 70.9. The number of fused-ring (bicyclic) bond motifs is 2. The standard InChI is InChI=1S/C44H54N8O6/c1-25(2)37(49-43(55)57-5)41(53)51-21-7-9-33(51)39-45-23-31(47-39)19-17-29-15-16-30(36-28-13-11-27(12-14-28)35(29)36)18-20-32-24-46-40(48-32)34-10-8-22-52(34)42(54)38(26(3)4)50-44(56)58-6/h15-16,23-28,33-34,37-38H,7-14,21-22H2,1-6H3,(H,45,47)(H,46,48)(H,49,55)(H,50,56)/t27?,28?,33-,34+,37-,38?/m0/s1. The summed E-state index contributed by atoms with van der Waals surface area (Å²) in [7, 11) is 2.58. The lowest BCUT2D eigenvalue weighted by Gasteiger charge is -2.39. The van der Waals surface area contributed by atoms with Gasteiger partial charge in [-0.25, -0.2) is 19.6 Å². The number of hydrogen-bond donors (Lipinski definition) is 4. The number of hydrogen-bond acceptors (Lipinski definition) is 8. The van der Waals surface area contributed by atoms with Gasteiger partial charge < -0.3 is 39.9 Å². The van der Waals surface area contributed by atoms with Gasteiger partial charge in [0.25, 0.3) is 0 Å². The molecule has 3 aromatic rings. The number of alkyl carbamates (subject to hydrolysis) is 2. The lowest BCUT2D eigenvalue weighted by atomic mass is 9.64. The molecule has 2 aliphatic heterocycles. The molecule has 3 fully saturated rings. The predicted octanol–water partition coefficient (Wildman–Crippen LogP) is 5.78. The first-order valence-electron chi connectivity index (χ1n) is 20.6. The van der Waals surface area contributed by atoms with Crippen LogP contribution < -0.4 is 10.6 Å². The molecule has 2 aromatic heterocycles. The largest absolute Gasteiger partial charge is 0.453 e. The van der Waals surface area contributed by atoms with Crippen LogP contribution in [-0.2, 0) is 19.1 Å². The molecule has 1 aromatic carbocycles. The van der Waals surface area contributed by atoms with Gasteiger partial charge in [-0.15, -0.1) is 0 Å². The van der Waals surface area contributed by atoms with Crippen LogP contribution in [0.5, 0.6) is 0 Å². The van der Waals surface area contributed by atoms with E-state index in [4.69, 9.17) is 9.47 Å². The van der Waals surface area contributed by atoms with Crippen molar-refractivity contribution in [1.29, 1.82) is 0 Å². The Kier molecular flexibility index (Phi) is 12.1. The molecule has 4 atom stereocenters. The number of nitrogens with one attached hydrogen (secondary N) is 4. The zero-order chi connectivity index (χ0) is 41.1. The first kappa shape index (κ1) is 40.4. The third-order valence-corrected chi connectivity index (χ3v) is 12.2. The molecule has 5 aliphatic rings. The first-order chi connectivity index (χ1) is 28.0. The van der Waals surface area contributed by atoms with Crippen LogP contribution in [0.4, 0.5) is 9.59 Å². The summed E-state index contributed by atoms with van der Waals surface area (Å²) < 4.78 is 9.54. The van der Waals surface area contributed by atoms with E-state index < -0.39 is 24.3 Å². The van der Waals surface area contributed by atoms with Gasteiger partial charge >= 0.3 is 12.2 Å². The quantitative estimate of drug-likeness (QED) is 0.208. The Morgan fingerprint density at radius 2 is 1.05 bits per heavy atom. The van der Waals surface area contributed by atoms with Gasteiger partial charge in [0.15, 0.2) is 0 Å². The van der Waals surface area contributed by atoms with Crippen LogP contribution in [0.1, 0.15) is 148 Å². The summed E-state index contributed by atoms with van der Waals surface area (Å²) in [5.74, 6) is 15.3. The molecule has 14 heteroatoms. The Morgan fingerprint density at radius 1 is 0.655 bits per heavy atom. The van der Waals surface area contributed by atoms with Gasteiger partial charge in [0.1, 0.15) is 35.1 Å². The number of aromatic amines is 2. The number of H-pyrrole nitrogens is 2. The third kappa shape index (κ3) is 8.29. The molecule has 2 saturated heterocycles. The normalized spacial score (nSPS) is 21.7. The zero-order valence-electron chi connectivity index (χ0n) is 34.2. The number of amides is 4. The van der Waals surface area contributed by atoms with Crippen molar-refractivity contribution in [2.75, 3.05) is 27.3 Å². The highest BCUT2D eigenvalue weighted by Gasteiger charge is 2.39. The average Bonchev–Trinajstić information content (AvgIpc) is 4.07. The van der Waals surface area contributed by atoms with Gasteiger partial charge in [-0.1, -0.05) is 39.5 Å². The van der Waals surface area contributed by atoms with E-state index in [-0.39, 0.29) is 35.7 Å². The highest BCUT2D eigenvalue weighted by molar-refractivity contribution is 5.87. The minimum atomic E-state index is -0.699. The van der Waals surface area contributed by atoms with Crippen molar-refractivity contribution >= 4 is 24.0 Å². The predicted molar refractivity (Wildman–Crippen MR) is 215 cm³/mol. The van der Waals surface area contributed by atoms with Crippen molar-refractivity contribution < 1.29 is 28.7 Å².